The second-order valence-electron chi connectivity index (χ2n) is 5.89. The van der Waals surface area contributed by atoms with Gasteiger partial charge in [0, 0.05) is 31.1 Å². The Balaban J connectivity index is 0.00000242. The molecule has 132 valence electrons. The van der Waals surface area contributed by atoms with E-state index < -0.39 is 0 Å². The van der Waals surface area contributed by atoms with Crippen LogP contribution in [-0.4, -0.2) is 31.1 Å². The van der Waals surface area contributed by atoms with Crippen molar-refractivity contribution in [3.05, 3.63) is 29.3 Å². The lowest BCUT2D eigenvalue weighted by atomic mass is 10.0. The molecule has 0 aliphatic carbocycles. The zero-order valence-electron chi connectivity index (χ0n) is 13.5. The monoisotopic (exact) mass is 381 g/mol. The van der Waals surface area contributed by atoms with Crippen molar-refractivity contribution in [1.82, 2.24) is 5.32 Å². The maximum atomic E-state index is 12.1. The second kappa shape index (κ2) is 10.2. The molecular formula is C16H26Cl3N3O. The van der Waals surface area contributed by atoms with Crippen LogP contribution in [0.3, 0.4) is 0 Å². The number of nitrogens with one attached hydrogen (secondary N) is 1. The van der Waals surface area contributed by atoms with Crippen LogP contribution in [0.2, 0.25) is 5.02 Å². The van der Waals surface area contributed by atoms with Crippen LogP contribution in [0.15, 0.2) is 24.3 Å². The Morgan fingerprint density at radius 1 is 1.35 bits per heavy atom. The molecule has 3 N–H and O–H groups in total. The first kappa shape index (κ1) is 22.3. The van der Waals surface area contributed by atoms with E-state index in [1.165, 1.54) is 0 Å². The first-order chi connectivity index (χ1) is 9.99. The Hall–Kier alpha value is -0.680. The fraction of sp³-hybridized carbons (Fsp3) is 0.562. The van der Waals surface area contributed by atoms with E-state index in [0.29, 0.717) is 0 Å². The highest BCUT2D eigenvalue weighted by Gasteiger charge is 2.25. The van der Waals surface area contributed by atoms with Gasteiger partial charge < -0.3 is 16.0 Å². The van der Waals surface area contributed by atoms with Crippen molar-refractivity contribution < 1.29 is 4.79 Å². The van der Waals surface area contributed by atoms with E-state index in [4.69, 9.17) is 17.3 Å². The number of halogens is 3. The molecule has 1 aliphatic rings. The molecule has 23 heavy (non-hydrogen) atoms. The van der Waals surface area contributed by atoms with Crippen LogP contribution in [0.4, 0.5) is 5.69 Å². The maximum absolute atomic E-state index is 12.1. The standard InChI is InChI=1S/C16H24ClN3O.2ClH/c1-11(12(2)18)16(21)19-13-6-5-9-20(10-13)15-8-4-3-7-14(15)17;;/h3-4,7-8,11-13H,5-6,9-10,18H2,1-2H3,(H,19,21);2*1H. The molecule has 1 saturated heterocycles. The molecule has 1 aliphatic heterocycles. The number of hydrogen-bond acceptors (Lipinski definition) is 3. The number of carbonyl (C=O) groups excluding carboxylic acids is 1. The number of hydrogen-bond donors (Lipinski definition) is 2. The normalized spacial score (nSPS) is 19.8. The predicted octanol–water partition coefficient (Wildman–Crippen LogP) is 3.25. The fourth-order valence-electron chi connectivity index (χ4n) is 2.59. The average molecular weight is 383 g/mol. The summed E-state index contributed by atoms with van der Waals surface area (Å²) >= 11 is 6.26. The molecule has 1 aromatic carbocycles. The molecule has 3 unspecified atom stereocenters. The Labute approximate surface area is 155 Å². The summed E-state index contributed by atoms with van der Waals surface area (Å²) in [7, 11) is 0. The number of rotatable bonds is 4. The van der Waals surface area contributed by atoms with Crippen LogP contribution in [0, 0.1) is 5.92 Å². The van der Waals surface area contributed by atoms with Crippen molar-refractivity contribution in [2.75, 3.05) is 18.0 Å². The summed E-state index contributed by atoms with van der Waals surface area (Å²) in [6.07, 6.45) is 2.04. The summed E-state index contributed by atoms with van der Waals surface area (Å²) in [6.45, 7) is 5.50. The molecule has 4 nitrogen and oxygen atoms in total. The van der Waals surface area contributed by atoms with E-state index in [0.717, 1.165) is 36.6 Å². The largest absolute Gasteiger partial charge is 0.368 e. The zero-order valence-corrected chi connectivity index (χ0v) is 15.9. The number of piperidine rings is 1. The molecule has 1 fully saturated rings. The number of para-hydroxylation sites is 1. The van der Waals surface area contributed by atoms with E-state index in [9.17, 15) is 4.79 Å². The lowest BCUT2D eigenvalue weighted by Gasteiger charge is -2.35. The number of nitrogens with two attached hydrogens (primary N) is 1. The maximum Gasteiger partial charge on any atom is 0.224 e. The third-order valence-electron chi connectivity index (χ3n) is 4.16. The van der Waals surface area contributed by atoms with Gasteiger partial charge in [-0.25, -0.2) is 0 Å². The second-order valence-corrected chi connectivity index (χ2v) is 6.30. The minimum absolute atomic E-state index is 0. The molecule has 0 radical (unpaired) electrons. The fourth-order valence-corrected chi connectivity index (χ4v) is 2.85. The van der Waals surface area contributed by atoms with Gasteiger partial charge in [-0.05, 0) is 31.9 Å². The molecule has 0 bridgehead atoms. The van der Waals surface area contributed by atoms with Gasteiger partial charge in [-0.15, -0.1) is 24.8 Å². The molecule has 0 spiro atoms. The molecule has 1 heterocycles. The van der Waals surface area contributed by atoms with E-state index >= 15 is 0 Å². The molecule has 1 aromatic rings. The molecular weight excluding hydrogens is 357 g/mol. The van der Waals surface area contributed by atoms with Crippen LogP contribution in [-0.2, 0) is 4.79 Å². The summed E-state index contributed by atoms with van der Waals surface area (Å²) in [5, 5.41) is 3.87. The summed E-state index contributed by atoms with van der Waals surface area (Å²) in [4.78, 5) is 14.4. The lowest BCUT2D eigenvalue weighted by molar-refractivity contribution is -0.125. The minimum Gasteiger partial charge on any atom is -0.368 e. The van der Waals surface area contributed by atoms with Crippen molar-refractivity contribution in [2.45, 2.75) is 38.8 Å². The molecule has 3 atom stereocenters. The van der Waals surface area contributed by atoms with Crippen LogP contribution in [0.25, 0.3) is 0 Å². The molecule has 0 aromatic heterocycles. The van der Waals surface area contributed by atoms with Crippen molar-refractivity contribution in [2.24, 2.45) is 11.7 Å². The minimum atomic E-state index is -0.166. The zero-order chi connectivity index (χ0) is 15.4. The third-order valence-corrected chi connectivity index (χ3v) is 4.48. The van der Waals surface area contributed by atoms with E-state index in [-0.39, 0.29) is 48.7 Å². The van der Waals surface area contributed by atoms with Gasteiger partial charge >= 0.3 is 0 Å². The highest BCUT2D eigenvalue weighted by Crippen LogP contribution is 2.27. The number of carbonyl (C=O) groups is 1. The van der Waals surface area contributed by atoms with Gasteiger partial charge in [0.05, 0.1) is 10.7 Å². The molecule has 0 saturated carbocycles. The quantitative estimate of drug-likeness (QED) is 0.840. The number of anilines is 1. The topological polar surface area (TPSA) is 58.4 Å². The highest BCUT2D eigenvalue weighted by molar-refractivity contribution is 6.33. The Morgan fingerprint density at radius 2 is 2.00 bits per heavy atom. The molecule has 2 rings (SSSR count). The van der Waals surface area contributed by atoms with Crippen molar-refractivity contribution in [3.63, 3.8) is 0 Å². The van der Waals surface area contributed by atoms with Gasteiger partial charge in [-0.1, -0.05) is 30.7 Å². The molecule has 7 heteroatoms. The van der Waals surface area contributed by atoms with Gasteiger partial charge in [0.15, 0.2) is 0 Å². The summed E-state index contributed by atoms with van der Waals surface area (Å²) in [5.74, 6) is -0.128. The van der Waals surface area contributed by atoms with Gasteiger partial charge in [0.2, 0.25) is 5.91 Å². The average Bonchev–Trinajstić information content (AvgIpc) is 2.47. The van der Waals surface area contributed by atoms with Gasteiger partial charge in [0.25, 0.3) is 0 Å². The SMILES string of the molecule is CC(N)C(C)C(=O)NC1CCCN(c2ccccc2Cl)C1.Cl.Cl. The highest BCUT2D eigenvalue weighted by atomic mass is 35.5. The third kappa shape index (κ3) is 6.03. The Kier molecular flexibility index (Phi) is 9.94. The van der Waals surface area contributed by atoms with Gasteiger partial charge in [0.1, 0.15) is 0 Å². The van der Waals surface area contributed by atoms with E-state index in [2.05, 4.69) is 10.2 Å². The Bertz CT molecular complexity index is 499. The summed E-state index contributed by atoms with van der Waals surface area (Å²) in [5.41, 5.74) is 6.83. The first-order valence-electron chi connectivity index (χ1n) is 7.54. The number of amides is 1. The Morgan fingerprint density at radius 3 is 2.61 bits per heavy atom. The van der Waals surface area contributed by atoms with Crippen molar-refractivity contribution >= 4 is 48.0 Å². The van der Waals surface area contributed by atoms with Gasteiger partial charge in [-0.3, -0.25) is 4.79 Å². The van der Waals surface area contributed by atoms with E-state index in [1.807, 2.05) is 38.1 Å². The van der Waals surface area contributed by atoms with Crippen molar-refractivity contribution in [3.8, 4) is 0 Å². The van der Waals surface area contributed by atoms with Crippen LogP contribution in [0.5, 0.6) is 0 Å². The summed E-state index contributed by atoms with van der Waals surface area (Å²) in [6, 6.07) is 7.87. The smallest absolute Gasteiger partial charge is 0.224 e. The van der Waals surface area contributed by atoms with E-state index in [1.54, 1.807) is 0 Å². The number of nitrogens with zero attached hydrogens (tertiary/aromatic N) is 1. The number of benzene rings is 1. The summed E-state index contributed by atoms with van der Waals surface area (Å²) < 4.78 is 0. The molecule has 1 amide bonds. The first-order valence-corrected chi connectivity index (χ1v) is 7.92. The van der Waals surface area contributed by atoms with Crippen LogP contribution in [0.1, 0.15) is 26.7 Å². The van der Waals surface area contributed by atoms with Gasteiger partial charge in [-0.2, -0.15) is 0 Å². The predicted molar refractivity (Wildman–Crippen MR) is 102 cm³/mol. The van der Waals surface area contributed by atoms with Crippen LogP contribution >= 0.6 is 36.4 Å². The van der Waals surface area contributed by atoms with Crippen LogP contribution < -0.4 is 16.0 Å². The van der Waals surface area contributed by atoms with Crippen molar-refractivity contribution in [1.29, 1.82) is 0 Å². The lowest BCUT2D eigenvalue weighted by Crippen LogP contribution is -2.50.